The number of nitrogens with zero attached hydrogens (tertiary/aromatic N) is 1. The molecule has 1 rings (SSSR count). The highest BCUT2D eigenvalue weighted by atomic mass is 15.2. The van der Waals surface area contributed by atoms with Crippen molar-refractivity contribution in [2.45, 2.75) is 40.0 Å². The van der Waals surface area contributed by atoms with Gasteiger partial charge in [0.05, 0.1) is 11.9 Å². The molecule has 0 radical (unpaired) electrons. The molecule has 0 bridgehead atoms. The maximum Gasteiger partial charge on any atom is 0.0704 e. The van der Waals surface area contributed by atoms with Gasteiger partial charge in [-0.15, -0.1) is 0 Å². The molecule has 3 N–H and O–H groups in total. The van der Waals surface area contributed by atoms with E-state index in [0.717, 1.165) is 12.1 Å². The fraction of sp³-hybridized carbons (Fsp3) is 0.583. The second-order valence-corrected chi connectivity index (χ2v) is 4.93. The zero-order valence-corrected chi connectivity index (χ0v) is 10.0. The minimum Gasteiger partial charge on any atom is -0.322 e. The predicted octanol–water partition coefficient (Wildman–Crippen LogP) is 2.91. The first-order valence-electron chi connectivity index (χ1n) is 5.41. The molecular weight excluding hydrogens is 186 g/mol. The molecule has 0 amide bonds. The molecule has 0 saturated carbocycles. The summed E-state index contributed by atoms with van der Waals surface area (Å²) in [6.45, 7) is 8.96. The Morgan fingerprint density at radius 3 is 2.60 bits per heavy atom. The summed E-state index contributed by atoms with van der Waals surface area (Å²) < 4.78 is 0. The normalized spacial score (nSPS) is 13.7. The molecule has 0 aliphatic carbocycles. The van der Waals surface area contributed by atoms with Gasteiger partial charge in [-0.2, -0.15) is 0 Å². The highest BCUT2D eigenvalue weighted by Gasteiger charge is 2.26. The number of nitrogens with two attached hydrogens (primary N) is 1. The molecule has 1 atom stereocenters. The van der Waals surface area contributed by atoms with Gasteiger partial charge in [0.15, 0.2) is 0 Å². The predicted molar refractivity (Wildman–Crippen MR) is 64.5 cm³/mol. The molecule has 0 saturated heterocycles. The van der Waals surface area contributed by atoms with Crippen molar-refractivity contribution >= 4 is 5.69 Å². The first kappa shape index (κ1) is 12.0. The van der Waals surface area contributed by atoms with E-state index in [-0.39, 0.29) is 5.41 Å². The van der Waals surface area contributed by atoms with E-state index in [1.54, 1.807) is 6.20 Å². The van der Waals surface area contributed by atoms with Crippen LogP contribution in [0.25, 0.3) is 0 Å². The van der Waals surface area contributed by atoms with E-state index in [4.69, 9.17) is 5.84 Å². The summed E-state index contributed by atoms with van der Waals surface area (Å²) in [6, 6.07) is 2.05. The molecule has 0 fully saturated rings. The first-order valence-corrected chi connectivity index (χ1v) is 5.41. The van der Waals surface area contributed by atoms with Gasteiger partial charge in [0.25, 0.3) is 0 Å². The van der Waals surface area contributed by atoms with E-state index >= 15 is 0 Å². The fourth-order valence-electron chi connectivity index (χ4n) is 2.13. The SMILES string of the molecule is CCC(c1ccncc1NN)C(C)(C)C. The van der Waals surface area contributed by atoms with Gasteiger partial charge in [0.2, 0.25) is 0 Å². The maximum absolute atomic E-state index is 5.50. The van der Waals surface area contributed by atoms with Crippen molar-refractivity contribution < 1.29 is 0 Å². The molecule has 1 heterocycles. The van der Waals surface area contributed by atoms with Gasteiger partial charge in [-0.05, 0) is 29.4 Å². The molecule has 1 aromatic heterocycles. The summed E-state index contributed by atoms with van der Waals surface area (Å²) in [4.78, 5) is 4.07. The first-order chi connectivity index (χ1) is 7.00. The monoisotopic (exact) mass is 207 g/mol. The highest BCUT2D eigenvalue weighted by Crippen LogP contribution is 2.39. The molecule has 0 aliphatic rings. The van der Waals surface area contributed by atoms with Crippen LogP contribution in [0.1, 0.15) is 45.6 Å². The lowest BCUT2D eigenvalue weighted by Gasteiger charge is -2.31. The number of nitrogens with one attached hydrogen (secondary N) is 1. The van der Waals surface area contributed by atoms with Crippen LogP contribution in [0.2, 0.25) is 0 Å². The number of hydrogen-bond donors (Lipinski definition) is 2. The zero-order valence-electron chi connectivity index (χ0n) is 10.0. The van der Waals surface area contributed by atoms with Crippen LogP contribution in [0, 0.1) is 5.41 Å². The summed E-state index contributed by atoms with van der Waals surface area (Å²) in [7, 11) is 0. The van der Waals surface area contributed by atoms with E-state index in [1.165, 1.54) is 5.56 Å². The molecular formula is C12H21N3. The minimum atomic E-state index is 0.238. The molecule has 3 heteroatoms. The van der Waals surface area contributed by atoms with Crippen molar-refractivity contribution in [1.82, 2.24) is 4.98 Å². The van der Waals surface area contributed by atoms with Crippen LogP contribution in [0.5, 0.6) is 0 Å². The van der Waals surface area contributed by atoms with Crippen molar-refractivity contribution in [3.8, 4) is 0 Å². The van der Waals surface area contributed by atoms with Gasteiger partial charge in [-0.1, -0.05) is 27.7 Å². The van der Waals surface area contributed by atoms with Crippen molar-refractivity contribution in [3.63, 3.8) is 0 Å². The van der Waals surface area contributed by atoms with E-state index in [0.29, 0.717) is 5.92 Å². The lowest BCUT2D eigenvalue weighted by atomic mass is 9.75. The molecule has 1 unspecified atom stereocenters. The topological polar surface area (TPSA) is 50.9 Å². The van der Waals surface area contributed by atoms with Gasteiger partial charge < -0.3 is 5.43 Å². The number of anilines is 1. The summed E-state index contributed by atoms with van der Waals surface area (Å²) in [5.41, 5.74) is 5.14. The van der Waals surface area contributed by atoms with E-state index < -0.39 is 0 Å². The lowest BCUT2D eigenvalue weighted by molar-refractivity contribution is 0.313. The number of pyridine rings is 1. The summed E-state index contributed by atoms with van der Waals surface area (Å²) in [5, 5.41) is 0. The third kappa shape index (κ3) is 2.69. The fourth-order valence-corrected chi connectivity index (χ4v) is 2.13. The molecule has 0 aliphatic heterocycles. The molecule has 0 aromatic carbocycles. The highest BCUT2D eigenvalue weighted by molar-refractivity contribution is 5.50. The van der Waals surface area contributed by atoms with Crippen LogP contribution in [-0.2, 0) is 0 Å². The van der Waals surface area contributed by atoms with Crippen molar-refractivity contribution in [3.05, 3.63) is 24.0 Å². The number of hydrogen-bond acceptors (Lipinski definition) is 3. The van der Waals surface area contributed by atoms with Crippen LogP contribution >= 0.6 is 0 Å². The van der Waals surface area contributed by atoms with E-state index in [1.807, 2.05) is 6.20 Å². The van der Waals surface area contributed by atoms with Crippen LogP contribution in [0.3, 0.4) is 0 Å². The van der Waals surface area contributed by atoms with Crippen molar-refractivity contribution in [1.29, 1.82) is 0 Å². The second kappa shape index (κ2) is 4.62. The average molecular weight is 207 g/mol. The smallest absolute Gasteiger partial charge is 0.0704 e. The Bertz CT molecular complexity index is 315. The second-order valence-electron chi connectivity index (χ2n) is 4.93. The standard InChI is InChI=1S/C12H21N3/c1-5-10(12(2,3)4)9-6-7-14-8-11(9)15-13/h6-8,10,15H,5,13H2,1-4H3. The molecule has 1 aromatic rings. The quantitative estimate of drug-likeness (QED) is 0.592. The Kier molecular flexibility index (Phi) is 3.69. The maximum atomic E-state index is 5.50. The number of hydrazine groups is 1. The number of rotatable bonds is 3. The van der Waals surface area contributed by atoms with Gasteiger partial charge in [0.1, 0.15) is 0 Å². The summed E-state index contributed by atoms with van der Waals surface area (Å²) in [5.74, 6) is 5.99. The van der Waals surface area contributed by atoms with E-state index in [2.05, 4.69) is 44.2 Å². The Labute approximate surface area is 92.1 Å². The summed E-state index contributed by atoms with van der Waals surface area (Å²) >= 11 is 0. The lowest BCUT2D eigenvalue weighted by Crippen LogP contribution is -2.20. The van der Waals surface area contributed by atoms with Crippen LogP contribution in [-0.4, -0.2) is 4.98 Å². The third-order valence-corrected chi connectivity index (χ3v) is 2.84. The molecule has 15 heavy (non-hydrogen) atoms. The molecule has 0 spiro atoms. The summed E-state index contributed by atoms with van der Waals surface area (Å²) in [6.07, 6.45) is 4.70. The zero-order chi connectivity index (χ0) is 11.5. The van der Waals surface area contributed by atoms with Gasteiger partial charge in [0, 0.05) is 6.20 Å². The Hall–Kier alpha value is -1.09. The van der Waals surface area contributed by atoms with Crippen LogP contribution in [0.4, 0.5) is 5.69 Å². The van der Waals surface area contributed by atoms with Gasteiger partial charge in [-0.25, -0.2) is 0 Å². The van der Waals surface area contributed by atoms with Crippen LogP contribution < -0.4 is 11.3 Å². The largest absolute Gasteiger partial charge is 0.322 e. The number of aromatic nitrogens is 1. The van der Waals surface area contributed by atoms with E-state index in [9.17, 15) is 0 Å². The Morgan fingerprint density at radius 2 is 2.13 bits per heavy atom. The Morgan fingerprint density at radius 1 is 1.47 bits per heavy atom. The average Bonchev–Trinajstić information content (AvgIpc) is 2.17. The molecule has 84 valence electrons. The van der Waals surface area contributed by atoms with Gasteiger partial charge in [-0.3, -0.25) is 10.8 Å². The third-order valence-electron chi connectivity index (χ3n) is 2.84. The Balaban J connectivity index is 3.12. The molecule has 3 nitrogen and oxygen atoms in total. The number of nitrogen functional groups attached to an aromatic ring is 1. The van der Waals surface area contributed by atoms with Crippen molar-refractivity contribution in [2.24, 2.45) is 11.3 Å². The minimum absolute atomic E-state index is 0.238. The van der Waals surface area contributed by atoms with Crippen LogP contribution in [0.15, 0.2) is 18.5 Å². The van der Waals surface area contributed by atoms with Gasteiger partial charge >= 0.3 is 0 Å². The van der Waals surface area contributed by atoms with Crippen molar-refractivity contribution in [2.75, 3.05) is 5.43 Å².